The van der Waals surface area contributed by atoms with Gasteiger partial charge >= 0.3 is 5.97 Å². The van der Waals surface area contributed by atoms with E-state index in [0.717, 1.165) is 12.8 Å². The molecule has 0 saturated carbocycles. The molecule has 0 aliphatic heterocycles. The van der Waals surface area contributed by atoms with Crippen molar-refractivity contribution in [2.24, 2.45) is 0 Å². The summed E-state index contributed by atoms with van der Waals surface area (Å²) >= 11 is 0. The van der Waals surface area contributed by atoms with Crippen molar-refractivity contribution in [3.63, 3.8) is 0 Å². The van der Waals surface area contributed by atoms with Crippen molar-refractivity contribution in [2.45, 2.75) is 77.7 Å². The van der Waals surface area contributed by atoms with Gasteiger partial charge in [-0.05, 0) is 18.6 Å². The Labute approximate surface area is 133 Å². The molecule has 0 aliphatic rings. The summed E-state index contributed by atoms with van der Waals surface area (Å²) in [6.45, 7) is 2.33. The zero-order valence-corrected chi connectivity index (χ0v) is 13.6. The van der Waals surface area contributed by atoms with Crippen LogP contribution >= 0.6 is 0 Å². The topological polar surface area (TPSA) is 56.5 Å². The SMILES string of the molecule is CCCCCCCCCCCC(=O)OCc1ccc(C=O)o1. The molecular formula is C18H28O4. The maximum absolute atomic E-state index is 11.6. The molecule has 4 heteroatoms. The van der Waals surface area contributed by atoms with Gasteiger partial charge < -0.3 is 9.15 Å². The number of carbonyl (C=O) groups is 2. The minimum atomic E-state index is -0.202. The van der Waals surface area contributed by atoms with E-state index >= 15 is 0 Å². The minimum absolute atomic E-state index is 0.101. The maximum Gasteiger partial charge on any atom is 0.306 e. The lowest BCUT2D eigenvalue weighted by Gasteiger charge is -2.03. The van der Waals surface area contributed by atoms with Crippen LogP contribution in [-0.4, -0.2) is 12.3 Å². The fourth-order valence-corrected chi connectivity index (χ4v) is 2.34. The Morgan fingerprint density at radius 1 is 1.05 bits per heavy atom. The summed E-state index contributed by atoms with van der Waals surface area (Å²) < 4.78 is 10.2. The average Bonchev–Trinajstić information content (AvgIpc) is 2.99. The van der Waals surface area contributed by atoms with Crippen LogP contribution in [-0.2, 0) is 16.1 Å². The zero-order chi connectivity index (χ0) is 16.0. The molecule has 0 atom stereocenters. The van der Waals surface area contributed by atoms with Crippen molar-refractivity contribution in [2.75, 3.05) is 0 Å². The Kier molecular flexibility index (Phi) is 10.1. The van der Waals surface area contributed by atoms with Gasteiger partial charge in [-0.15, -0.1) is 0 Å². The predicted molar refractivity (Wildman–Crippen MR) is 85.7 cm³/mol. The van der Waals surface area contributed by atoms with Crippen LogP contribution in [0.5, 0.6) is 0 Å². The molecule has 1 aromatic heterocycles. The molecule has 0 amide bonds. The highest BCUT2D eigenvalue weighted by molar-refractivity contribution is 5.70. The van der Waals surface area contributed by atoms with Gasteiger partial charge in [0, 0.05) is 6.42 Å². The standard InChI is InChI=1S/C18H28O4/c1-2-3-4-5-6-7-8-9-10-11-18(20)21-15-17-13-12-16(14-19)22-17/h12-14H,2-11,15H2,1H3. The first-order valence-corrected chi connectivity index (χ1v) is 8.45. The first-order chi connectivity index (χ1) is 10.8. The van der Waals surface area contributed by atoms with E-state index < -0.39 is 0 Å². The highest BCUT2D eigenvalue weighted by atomic mass is 16.5. The van der Waals surface area contributed by atoms with Gasteiger partial charge in [0.15, 0.2) is 12.0 Å². The Morgan fingerprint density at radius 2 is 1.68 bits per heavy atom. The van der Waals surface area contributed by atoms with Crippen LogP contribution in [0.25, 0.3) is 0 Å². The summed E-state index contributed by atoms with van der Waals surface area (Å²) in [5.74, 6) is 0.555. The molecule has 1 heterocycles. The molecule has 0 bridgehead atoms. The fraction of sp³-hybridized carbons (Fsp3) is 0.667. The molecule has 0 unspecified atom stereocenters. The fourth-order valence-electron chi connectivity index (χ4n) is 2.34. The third-order valence-corrected chi connectivity index (χ3v) is 3.66. The summed E-state index contributed by atoms with van der Waals surface area (Å²) in [4.78, 5) is 22.0. The lowest BCUT2D eigenvalue weighted by molar-refractivity contribution is -0.145. The molecule has 22 heavy (non-hydrogen) atoms. The van der Waals surface area contributed by atoms with Crippen molar-refractivity contribution < 1.29 is 18.7 Å². The van der Waals surface area contributed by atoms with E-state index in [1.807, 2.05) is 0 Å². The minimum Gasteiger partial charge on any atom is -0.457 e. The van der Waals surface area contributed by atoms with E-state index in [-0.39, 0.29) is 18.3 Å². The second-order valence-corrected chi connectivity index (χ2v) is 5.66. The quantitative estimate of drug-likeness (QED) is 0.290. The molecule has 124 valence electrons. The van der Waals surface area contributed by atoms with Crippen LogP contribution < -0.4 is 0 Å². The molecule has 0 fully saturated rings. The Hall–Kier alpha value is -1.58. The van der Waals surface area contributed by atoms with E-state index in [1.165, 1.54) is 44.9 Å². The van der Waals surface area contributed by atoms with Gasteiger partial charge in [-0.2, -0.15) is 0 Å². The molecule has 0 N–H and O–H groups in total. The average molecular weight is 308 g/mol. The summed E-state index contributed by atoms with van der Waals surface area (Å²) in [5.41, 5.74) is 0. The lowest BCUT2D eigenvalue weighted by atomic mass is 10.1. The van der Waals surface area contributed by atoms with Gasteiger partial charge in [0.1, 0.15) is 12.4 Å². The second-order valence-electron chi connectivity index (χ2n) is 5.66. The van der Waals surface area contributed by atoms with Crippen LogP contribution in [0.1, 0.15) is 87.4 Å². The first kappa shape index (κ1) is 18.5. The summed E-state index contributed by atoms with van der Waals surface area (Å²) in [5, 5.41) is 0. The van der Waals surface area contributed by atoms with E-state index in [9.17, 15) is 9.59 Å². The number of aldehydes is 1. The van der Waals surface area contributed by atoms with Crippen LogP contribution in [0.2, 0.25) is 0 Å². The van der Waals surface area contributed by atoms with Crippen molar-refractivity contribution in [1.29, 1.82) is 0 Å². The maximum atomic E-state index is 11.6. The number of carbonyl (C=O) groups excluding carboxylic acids is 2. The third kappa shape index (κ3) is 8.65. The number of unbranched alkanes of at least 4 members (excludes halogenated alkanes) is 8. The van der Waals surface area contributed by atoms with Crippen LogP contribution in [0.3, 0.4) is 0 Å². The highest BCUT2D eigenvalue weighted by Gasteiger charge is 2.06. The van der Waals surface area contributed by atoms with E-state index in [1.54, 1.807) is 12.1 Å². The largest absolute Gasteiger partial charge is 0.457 e. The zero-order valence-electron chi connectivity index (χ0n) is 13.6. The van der Waals surface area contributed by atoms with Gasteiger partial charge in [-0.1, -0.05) is 58.3 Å². The van der Waals surface area contributed by atoms with Crippen molar-refractivity contribution >= 4 is 12.3 Å². The number of furan rings is 1. The van der Waals surface area contributed by atoms with Crippen molar-refractivity contribution in [1.82, 2.24) is 0 Å². The van der Waals surface area contributed by atoms with E-state index in [2.05, 4.69) is 6.92 Å². The first-order valence-electron chi connectivity index (χ1n) is 8.45. The molecular weight excluding hydrogens is 280 g/mol. The predicted octanol–water partition coefficient (Wildman–Crippen LogP) is 5.06. The van der Waals surface area contributed by atoms with Gasteiger partial charge in [-0.25, -0.2) is 0 Å². The van der Waals surface area contributed by atoms with Crippen LogP contribution in [0.15, 0.2) is 16.5 Å². The van der Waals surface area contributed by atoms with Crippen LogP contribution in [0, 0.1) is 0 Å². The van der Waals surface area contributed by atoms with Gasteiger partial charge in [0.05, 0.1) is 0 Å². The van der Waals surface area contributed by atoms with Crippen molar-refractivity contribution in [3.8, 4) is 0 Å². The normalized spacial score (nSPS) is 10.6. The lowest BCUT2D eigenvalue weighted by Crippen LogP contribution is -2.03. The smallest absolute Gasteiger partial charge is 0.306 e. The summed E-state index contributed by atoms with van der Waals surface area (Å²) in [6.07, 6.45) is 12.1. The van der Waals surface area contributed by atoms with Crippen LogP contribution in [0.4, 0.5) is 0 Å². The third-order valence-electron chi connectivity index (χ3n) is 3.66. The number of hydrogen-bond acceptors (Lipinski definition) is 4. The Bertz CT molecular complexity index is 422. The Morgan fingerprint density at radius 3 is 2.27 bits per heavy atom. The number of rotatable bonds is 13. The molecule has 0 aromatic carbocycles. The van der Waals surface area contributed by atoms with Gasteiger partial charge in [0.2, 0.25) is 0 Å². The number of hydrogen-bond donors (Lipinski definition) is 0. The summed E-state index contributed by atoms with van der Waals surface area (Å²) in [6, 6.07) is 3.21. The monoisotopic (exact) mass is 308 g/mol. The van der Waals surface area contributed by atoms with Gasteiger partial charge in [0.25, 0.3) is 0 Å². The highest BCUT2D eigenvalue weighted by Crippen LogP contribution is 2.12. The summed E-state index contributed by atoms with van der Waals surface area (Å²) in [7, 11) is 0. The van der Waals surface area contributed by atoms with E-state index in [4.69, 9.17) is 9.15 Å². The van der Waals surface area contributed by atoms with Gasteiger partial charge in [-0.3, -0.25) is 9.59 Å². The number of ether oxygens (including phenoxy) is 1. The molecule has 1 aromatic rings. The molecule has 0 radical (unpaired) electrons. The molecule has 0 aliphatic carbocycles. The number of esters is 1. The van der Waals surface area contributed by atoms with Crippen molar-refractivity contribution in [3.05, 3.63) is 23.7 Å². The molecule has 0 spiro atoms. The second kappa shape index (κ2) is 12.0. The molecule has 0 saturated heterocycles. The molecule has 4 nitrogen and oxygen atoms in total. The Balaban J connectivity index is 1.94. The molecule has 1 rings (SSSR count). The van der Waals surface area contributed by atoms with E-state index in [0.29, 0.717) is 18.5 Å².